The predicted octanol–water partition coefficient (Wildman–Crippen LogP) is 1.32. The zero-order valence-corrected chi connectivity index (χ0v) is 8.40. The molecule has 0 aliphatic heterocycles. The Kier molecular flexibility index (Phi) is 3.39. The van der Waals surface area contributed by atoms with E-state index in [9.17, 15) is 0 Å². The van der Waals surface area contributed by atoms with Crippen LogP contribution in [0.25, 0.3) is 0 Å². The Bertz CT molecular complexity index is 323. The number of benzene rings is 1. The third-order valence-electron chi connectivity index (χ3n) is 1.95. The molecular weight excluding hydrogens is 182 g/mol. The molecule has 13 heavy (non-hydrogen) atoms. The molecule has 0 fully saturated rings. The number of hydrogen-bond donors (Lipinski definition) is 2. The molecule has 0 unspecified atom stereocenters. The molecule has 3 heteroatoms. The summed E-state index contributed by atoms with van der Waals surface area (Å²) >= 11 is 4.83. The van der Waals surface area contributed by atoms with Crippen molar-refractivity contribution in [2.24, 2.45) is 5.73 Å². The summed E-state index contributed by atoms with van der Waals surface area (Å²) in [6, 6.07) is 5.80. The summed E-state index contributed by atoms with van der Waals surface area (Å²) in [6.45, 7) is 2.07. The number of aryl methyl sites for hydroxylation is 1. The lowest BCUT2D eigenvalue weighted by atomic mass is 10.0. The van der Waals surface area contributed by atoms with E-state index in [0.29, 0.717) is 11.4 Å². The van der Waals surface area contributed by atoms with E-state index in [4.69, 9.17) is 23.1 Å². The highest BCUT2D eigenvalue weighted by molar-refractivity contribution is 7.80. The molecule has 1 rings (SSSR count). The highest BCUT2D eigenvalue weighted by atomic mass is 32.1. The normalized spacial score (nSPS) is 10.0. The van der Waals surface area contributed by atoms with Crippen molar-refractivity contribution in [1.82, 2.24) is 0 Å². The number of rotatable bonds is 3. The first-order valence-corrected chi connectivity index (χ1v) is 4.52. The van der Waals surface area contributed by atoms with Gasteiger partial charge in [0.15, 0.2) is 0 Å². The second-order valence-corrected chi connectivity index (χ2v) is 3.59. The predicted molar refractivity (Wildman–Crippen MR) is 57.6 cm³/mol. The maximum atomic E-state index is 8.88. The highest BCUT2D eigenvalue weighted by Gasteiger charge is 2.00. The maximum absolute atomic E-state index is 8.88. The molecule has 0 atom stereocenters. The molecule has 70 valence electrons. The topological polar surface area (TPSA) is 46.2 Å². The van der Waals surface area contributed by atoms with Crippen molar-refractivity contribution < 1.29 is 5.11 Å². The van der Waals surface area contributed by atoms with Crippen LogP contribution >= 0.6 is 12.2 Å². The van der Waals surface area contributed by atoms with E-state index < -0.39 is 0 Å². The molecule has 0 bridgehead atoms. The third-order valence-corrected chi connectivity index (χ3v) is 2.10. The van der Waals surface area contributed by atoms with E-state index in [1.807, 2.05) is 25.1 Å². The van der Waals surface area contributed by atoms with Gasteiger partial charge in [0, 0.05) is 6.42 Å². The van der Waals surface area contributed by atoms with Gasteiger partial charge in [-0.15, -0.1) is 0 Å². The van der Waals surface area contributed by atoms with Gasteiger partial charge >= 0.3 is 0 Å². The zero-order chi connectivity index (χ0) is 9.84. The number of aliphatic hydroxyl groups is 1. The first-order chi connectivity index (χ1) is 6.13. The Morgan fingerprint density at radius 2 is 2.23 bits per heavy atom. The first kappa shape index (κ1) is 10.2. The van der Waals surface area contributed by atoms with Gasteiger partial charge in [0.25, 0.3) is 0 Å². The van der Waals surface area contributed by atoms with Crippen molar-refractivity contribution in [3.05, 3.63) is 34.9 Å². The van der Waals surface area contributed by atoms with Crippen LogP contribution in [0, 0.1) is 6.92 Å². The Balaban J connectivity index is 2.91. The van der Waals surface area contributed by atoms with Crippen molar-refractivity contribution in [3.63, 3.8) is 0 Å². The average Bonchev–Trinajstić information content (AvgIpc) is 2.08. The minimum atomic E-state index is 0.0776. The molecule has 0 aliphatic rings. The van der Waals surface area contributed by atoms with Crippen LogP contribution in [-0.4, -0.2) is 10.1 Å². The Labute approximate surface area is 83.4 Å². The first-order valence-electron chi connectivity index (χ1n) is 4.11. The molecule has 0 amide bonds. The monoisotopic (exact) mass is 195 g/mol. The molecule has 1 aromatic rings. The fraction of sp³-hybridized carbons (Fsp3) is 0.300. The van der Waals surface area contributed by atoms with Gasteiger partial charge in [0.1, 0.15) is 0 Å². The van der Waals surface area contributed by atoms with Crippen LogP contribution in [0.2, 0.25) is 0 Å². The van der Waals surface area contributed by atoms with Crippen LogP contribution in [-0.2, 0) is 13.0 Å². The molecule has 2 nitrogen and oxygen atoms in total. The van der Waals surface area contributed by atoms with Crippen LogP contribution in [0.5, 0.6) is 0 Å². The lowest BCUT2D eigenvalue weighted by molar-refractivity contribution is 0.281. The van der Waals surface area contributed by atoms with E-state index in [0.717, 1.165) is 16.7 Å². The largest absolute Gasteiger partial charge is 0.393 e. The molecule has 0 saturated carbocycles. The summed E-state index contributed by atoms with van der Waals surface area (Å²) in [5, 5.41) is 8.88. The third kappa shape index (κ3) is 2.79. The van der Waals surface area contributed by atoms with Crippen LogP contribution in [0.15, 0.2) is 18.2 Å². The standard InChI is InChI=1S/C10H13NOS/c1-7-4-8(6-12)2-3-9(7)5-10(11)13/h2-4,12H,5-6H2,1H3,(H2,11,13). The molecule has 0 aliphatic carbocycles. The van der Waals surface area contributed by atoms with Gasteiger partial charge in [-0.05, 0) is 23.6 Å². The fourth-order valence-corrected chi connectivity index (χ4v) is 1.40. The van der Waals surface area contributed by atoms with E-state index >= 15 is 0 Å². The quantitative estimate of drug-likeness (QED) is 0.715. The Morgan fingerprint density at radius 1 is 1.54 bits per heavy atom. The van der Waals surface area contributed by atoms with Crippen LogP contribution < -0.4 is 5.73 Å². The van der Waals surface area contributed by atoms with E-state index in [1.54, 1.807) is 0 Å². The van der Waals surface area contributed by atoms with Crippen molar-refractivity contribution in [3.8, 4) is 0 Å². The average molecular weight is 195 g/mol. The number of hydrogen-bond acceptors (Lipinski definition) is 2. The summed E-state index contributed by atoms with van der Waals surface area (Å²) in [7, 11) is 0. The van der Waals surface area contributed by atoms with Crippen molar-refractivity contribution in [1.29, 1.82) is 0 Å². The number of aliphatic hydroxyl groups excluding tert-OH is 1. The number of nitrogens with two attached hydrogens (primary N) is 1. The molecule has 0 spiro atoms. The SMILES string of the molecule is Cc1cc(CO)ccc1CC(N)=S. The van der Waals surface area contributed by atoms with Gasteiger partial charge in [-0.25, -0.2) is 0 Å². The summed E-state index contributed by atoms with van der Waals surface area (Å²) in [6.07, 6.45) is 0.632. The minimum absolute atomic E-state index is 0.0776. The lowest BCUT2D eigenvalue weighted by Crippen LogP contribution is -2.11. The van der Waals surface area contributed by atoms with Gasteiger partial charge < -0.3 is 10.8 Å². The number of thiocarbonyl (C=S) groups is 1. The van der Waals surface area contributed by atoms with E-state index in [1.165, 1.54) is 0 Å². The van der Waals surface area contributed by atoms with Gasteiger partial charge in [-0.1, -0.05) is 30.4 Å². The Hall–Kier alpha value is -0.930. The summed E-state index contributed by atoms with van der Waals surface area (Å²) in [5.74, 6) is 0. The van der Waals surface area contributed by atoms with Crippen molar-refractivity contribution in [2.45, 2.75) is 20.0 Å². The van der Waals surface area contributed by atoms with Crippen LogP contribution in [0.4, 0.5) is 0 Å². The molecule has 3 N–H and O–H groups in total. The smallest absolute Gasteiger partial charge is 0.0771 e. The van der Waals surface area contributed by atoms with Crippen LogP contribution in [0.3, 0.4) is 0 Å². The second-order valence-electron chi connectivity index (χ2n) is 3.06. The van der Waals surface area contributed by atoms with Crippen molar-refractivity contribution in [2.75, 3.05) is 0 Å². The molecule has 1 aromatic carbocycles. The molecule has 0 aromatic heterocycles. The lowest BCUT2D eigenvalue weighted by Gasteiger charge is -2.05. The Morgan fingerprint density at radius 3 is 2.69 bits per heavy atom. The van der Waals surface area contributed by atoms with Gasteiger partial charge in [-0.2, -0.15) is 0 Å². The van der Waals surface area contributed by atoms with E-state index in [2.05, 4.69) is 0 Å². The molecular formula is C10H13NOS. The molecule has 0 saturated heterocycles. The summed E-state index contributed by atoms with van der Waals surface area (Å²) in [4.78, 5) is 0.500. The molecule has 0 radical (unpaired) electrons. The fourth-order valence-electron chi connectivity index (χ4n) is 1.24. The second kappa shape index (κ2) is 4.35. The van der Waals surface area contributed by atoms with Gasteiger partial charge in [0.05, 0.1) is 11.6 Å². The zero-order valence-electron chi connectivity index (χ0n) is 7.58. The van der Waals surface area contributed by atoms with E-state index in [-0.39, 0.29) is 6.61 Å². The van der Waals surface area contributed by atoms with Gasteiger partial charge in [-0.3, -0.25) is 0 Å². The summed E-state index contributed by atoms with van der Waals surface area (Å²) < 4.78 is 0. The molecule has 0 heterocycles. The van der Waals surface area contributed by atoms with Crippen molar-refractivity contribution >= 4 is 17.2 Å². The summed E-state index contributed by atoms with van der Waals surface area (Å²) in [5.41, 5.74) is 8.62. The van der Waals surface area contributed by atoms with Crippen LogP contribution in [0.1, 0.15) is 16.7 Å². The minimum Gasteiger partial charge on any atom is -0.393 e. The van der Waals surface area contributed by atoms with Gasteiger partial charge in [0.2, 0.25) is 0 Å². The maximum Gasteiger partial charge on any atom is 0.0771 e. The highest BCUT2D eigenvalue weighted by Crippen LogP contribution is 2.11.